The molecule has 0 saturated heterocycles. The van der Waals surface area contributed by atoms with Crippen LogP contribution >= 0.6 is 0 Å². The zero-order valence-corrected chi connectivity index (χ0v) is 13.9. The van der Waals surface area contributed by atoms with Crippen molar-refractivity contribution < 1.29 is 24.5 Å². The first kappa shape index (κ1) is 18.3. The fourth-order valence-electron chi connectivity index (χ4n) is 3.80. The number of hydrogen-bond donors (Lipinski definition) is 3. The van der Waals surface area contributed by atoms with E-state index in [0.29, 0.717) is 0 Å². The molecule has 0 aliphatic heterocycles. The summed E-state index contributed by atoms with van der Waals surface area (Å²) < 4.78 is 5.39. The van der Waals surface area contributed by atoms with Gasteiger partial charge in [0.2, 0.25) is 0 Å². The molecule has 24 heavy (non-hydrogen) atoms. The van der Waals surface area contributed by atoms with Gasteiger partial charge in [0.05, 0.1) is 7.11 Å². The van der Waals surface area contributed by atoms with Gasteiger partial charge >= 0.3 is 11.9 Å². The Labute approximate surface area is 141 Å². The van der Waals surface area contributed by atoms with Crippen LogP contribution in [0.5, 0.6) is 5.75 Å². The van der Waals surface area contributed by atoms with Gasteiger partial charge in [0.1, 0.15) is 5.75 Å². The largest absolute Gasteiger partial charge is 0.496 e. The van der Waals surface area contributed by atoms with Crippen LogP contribution in [-0.2, 0) is 16.0 Å². The average Bonchev–Trinajstić information content (AvgIpc) is 3.19. The van der Waals surface area contributed by atoms with Crippen molar-refractivity contribution in [1.82, 2.24) is 5.32 Å². The van der Waals surface area contributed by atoms with E-state index in [-0.39, 0.29) is 0 Å². The molecule has 3 N–H and O–H groups in total. The minimum absolute atomic E-state index is 0.790. The van der Waals surface area contributed by atoms with E-state index in [1.54, 1.807) is 7.11 Å². The lowest BCUT2D eigenvalue weighted by molar-refractivity contribution is -0.159. The lowest BCUT2D eigenvalue weighted by Crippen LogP contribution is -2.35. The molecule has 2 bridgehead atoms. The Bertz CT molecular complexity index is 562. The summed E-state index contributed by atoms with van der Waals surface area (Å²) in [4.78, 5) is 18.2. The summed E-state index contributed by atoms with van der Waals surface area (Å²) in [5.74, 6) is -0.635. The number of benzene rings is 1. The van der Waals surface area contributed by atoms with E-state index >= 15 is 0 Å². The molecule has 6 nitrogen and oxygen atoms in total. The van der Waals surface area contributed by atoms with Crippen LogP contribution in [0.4, 0.5) is 0 Å². The Kier molecular flexibility index (Phi) is 6.61. The van der Waals surface area contributed by atoms with Crippen LogP contribution in [0.25, 0.3) is 0 Å². The maximum absolute atomic E-state index is 9.10. The van der Waals surface area contributed by atoms with Gasteiger partial charge in [0, 0.05) is 6.04 Å². The molecule has 1 aromatic carbocycles. The molecular weight excluding hydrogens is 310 g/mol. The molecule has 0 amide bonds. The number of carboxylic acids is 2. The molecule has 3 unspecified atom stereocenters. The number of carboxylic acid groups (broad SMARTS) is 2. The van der Waals surface area contributed by atoms with E-state index < -0.39 is 11.9 Å². The Morgan fingerprint density at radius 3 is 2.42 bits per heavy atom. The fraction of sp³-hybridized carbons (Fsp3) is 0.556. The first-order valence-corrected chi connectivity index (χ1v) is 8.32. The second-order valence-electron chi connectivity index (χ2n) is 6.41. The van der Waals surface area contributed by atoms with Gasteiger partial charge in [-0.3, -0.25) is 0 Å². The molecule has 2 fully saturated rings. The topological polar surface area (TPSA) is 95.9 Å². The van der Waals surface area contributed by atoms with Crippen molar-refractivity contribution in [1.29, 1.82) is 0 Å². The van der Waals surface area contributed by atoms with E-state index in [9.17, 15) is 0 Å². The van der Waals surface area contributed by atoms with E-state index in [1.165, 1.54) is 31.2 Å². The van der Waals surface area contributed by atoms with Crippen LogP contribution in [0.3, 0.4) is 0 Å². The van der Waals surface area contributed by atoms with Crippen LogP contribution in [0.2, 0.25) is 0 Å². The molecule has 0 spiro atoms. The molecule has 2 aliphatic carbocycles. The normalized spacial score (nSPS) is 24.1. The highest BCUT2D eigenvalue weighted by molar-refractivity contribution is 6.27. The maximum Gasteiger partial charge on any atom is 0.414 e. The SMILES string of the molecule is COc1ccccc1CCNC1CC2CCC1C2.O=C(O)C(=O)O. The van der Waals surface area contributed by atoms with Gasteiger partial charge in [0.25, 0.3) is 0 Å². The van der Waals surface area contributed by atoms with Crippen molar-refractivity contribution in [2.24, 2.45) is 11.8 Å². The van der Waals surface area contributed by atoms with Gasteiger partial charge in [-0.1, -0.05) is 24.6 Å². The van der Waals surface area contributed by atoms with E-state index in [0.717, 1.165) is 36.6 Å². The standard InChI is InChI=1S/C16H23NO.C2H2O4/c1-18-16-5-3-2-4-13(16)8-9-17-15-11-12-6-7-14(15)10-12;3-1(4)2(5)6/h2-5,12,14-15,17H,6-11H2,1H3;(H,3,4)(H,5,6). The van der Waals surface area contributed by atoms with Crippen molar-refractivity contribution in [3.63, 3.8) is 0 Å². The second kappa shape index (κ2) is 8.68. The minimum atomic E-state index is -1.82. The van der Waals surface area contributed by atoms with Crippen molar-refractivity contribution in [3.05, 3.63) is 29.8 Å². The number of hydrogen-bond acceptors (Lipinski definition) is 4. The van der Waals surface area contributed by atoms with Crippen LogP contribution in [0.15, 0.2) is 24.3 Å². The number of aliphatic carboxylic acids is 2. The number of para-hydroxylation sites is 1. The fourth-order valence-corrected chi connectivity index (χ4v) is 3.80. The van der Waals surface area contributed by atoms with E-state index in [1.807, 2.05) is 12.1 Å². The van der Waals surface area contributed by atoms with Gasteiger partial charge in [-0.15, -0.1) is 0 Å². The molecule has 3 rings (SSSR count). The third-order valence-corrected chi connectivity index (χ3v) is 4.91. The highest BCUT2D eigenvalue weighted by Crippen LogP contribution is 2.44. The molecule has 3 atom stereocenters. The molecule has 132 valence electrons. The van der Waals surface area contributed by atoms with Crippen LogP contribution in [0, 0.1) is 11.8 Å². The Balaban J connectivity index is 0.000000301. The minimum Gasteiger partial charge on any atom is -0.496 e. The molecule has 0 radical (unpaired) electrons. The zero-order chi connectivity index (χ0) is 17.5. The summed E-state index contributed by atoms with van der Waals surface area (Å²) in [5, 5.41) is 18.5. The number of nitrogens with one attached hydrogen (secondary N) is 1. The van der Waals surface area contributed by atoms with E-state index in [2.05, 4.69) is 17.4 Å². The summed E-state index contributed by atoms with van der Waals surface area (Å²) >= 11 is 0. The van der Waals surface area contributed by atoms with Crippen molar-refractivity contribution in [2.75, 3.05) is 13.7 Å². The van der Waals surface area contributed by atoms with Gasteiger partial charge in [0.15, 0.2) is 0 Å². The van der Waals surface area contributed by atoms with Crippen molar-refractivity contribution >= 4 is 11.9 Å². The lowest BCUT2D eigenvalue weighted by Gasteiger charge is -2.23. The predicted molar refractivity (Wildman–Crippen MR) is 89.2 cm³/mol. The summed E-state index contributed by atoms with van der Waals surface area (Å²) in [6.45, 7) is 1.08. The van der Waals surface area contributed by atoms with Gasteiger partial charge in [-0.25, -0.2) is 9.59 Å². The zero-order valence-electron chi connectivity index (χ0n) is 13.9. The Morgan fingerprint density at radius 2 is 1.88 bits per heavy atom. The first-order chi connectivity index (χ1) is 11.5. The first-order valence-electron chi connectivity index (χ1n) is 8.32. The monoisotopic (exact) mass is 335 g/mol. The highest BCUT2D eigenvalue weighted by Gasteiger charge is 2.38. The maximum atomic E-state index is 9.10. The molecule has 2 aliphatic rings. The summed E-state index contributed by atoms with van der Waals surface area (Å²) in [5.41, 5.74) is 1.32. The van der Waals surface area contributed by atoms with Crippen LogP contribution in [-0.4, -0.2) is 41.8 Å². The van der Waals surface area contributed by atoms with Crippen LogP contribution in [0.1, 0.15) is 31.2 Å². The second-order valence-corrected chi connectivity index (χ2v) is 6.41. The van der Waals surface area contributed by atoms with E-state index in [4.69, 9.17) is 24.5 Å². The Morgan fingerprint density at radius 1 is 1.17 bits per heavy atom. The van der Waals surface area contributed by atoms with Crippen molar-refractivity contribution in [3.8, 4) is 5.75 Å². The summed E-state index contributed by atoms with van der Waals surface area (Å²) in [6, 6.07) is 9.13. The highest BCUT2D eigenvalue weighted by atomic mass is 16.5. The molecule has 2 saturated carbocycles. The number of ether oxygens (including phenoxy) is 1. The van der Waals surface area contributed by atoms with Gasteiger partial charge in [-0.2, -0.15) is 0 Å². The molecule has 0 heterocycles. The van der Waals surface area contributed by atoms with Gasteiger partial charge in [-0.05, 0) is 55.7 Å². The molecule has 1 aromatic rings. The predicted octanol–water partition coefficient (Wildman–Crippen LogP) is 2.17. The van der Waals surface area contributed by atoms with Crippen LogP contribution < -0.4 is 10.1 Å². The Hall–Kier alpha value is -2.08. The molecule has 6 heteroatoms. The molecule has 0 aromatic heterocycles. The average molecular weight is 335 g/mol. The number of methoxy groups -OCH3 is 1. The smallest absolute Gasteiger partial charge is 0.414 e. The number of carbonyl (C=O) groups is 2. The summed E-state index contributed by atoms with van der Waals surface area (Å²) in [6.07, 6.45) is 6.90. The lowest BCUT2D eigenvalue weighted by atomic mass is 9.95. The quantitative estimate of drug-likeness (QED) is 0.714. The third-order valence-electron chi connectivity index (χ3n) is 4.91. The van der Waals surface area contributed by atoms with Crippen molar-refractivity contribution in [2.45, 2.75) is 38.1 Å². The van der Waals surface area contributed by atoms with Gasteiger partial charge < -0.3 is 20.3 Å². The molecular formula is C18H25NO5. The number of fused-ring (bicyclic) bond motifs is 2. The summed E-state index contributed by atoms with van der Waals surface area (Å²) in [7, 11) is 1.75. The number of rotatable bonds is 5. The third kappa shape index (κ3) is 4.96.